The van der Waals surface area contributed by atoms with E-state index in [0.29, 0.717) is 11.4 Å². The van der Waals surface area contributed by atoms with E-state index in [1.807, 2.05) is 29.2 Å². The van der Waals surface area contributed by atoms with Gasteiger partial charge < -0.3 is 4.90 Å². The van der Waals surface area contributed by atoms with E-state index in [-0.39, 0.29) is 5.91 Å². The summed E-state index contributed by atoms with van der Waals surface area (Å²) in [7, 11) is 0. The first-order chi connectivity index (χ1) is 8.70. The van der Waals surface area contributed by atoms with Crippen LogP contribution in [-0.4, -0.2) is 29.2 Å². The average molecular weight is 331 g/mol. The fourth-order valence-corrected chi connectivity index (χ4v) is 3.10. The molecule has 0 radical (unpaired) electrons. The number of rotatable bonds is 3. The predicted molar refractivity (Wildman–Crippen MR) is 78.3 cm³/mol. The summed E-state index contributed by atoms with van der Waals surface area (Å²) in [4.78, 5) is 14.1. The molecule has 1 amide bonds. The largest absolute Gasteiger partial charge is 0.342 e. The van der Waals surface area contributed by atoms with E-state index in [2.05, 4.69) is 15.9 Å². The van der Waals surface area contributed by atoms with Gasteiger partial charge in [0.15, 0.2) is 0 Å². The topological polar surface area (TPSA) is 20.3 Å². The lowest BCUT2D eigenvalue weighted by atomic mass is 9.98. The summed E-state index contributed by atoms with van der Waals surface area (Å²) < 4.78 is 0. The summed E-state index contributed by atoms with van der Waals surface area (Å²) >= 11 is 9.59. The van der Waals surface area contributed by atoms with Gasteiger partial charge in [-0.05, 0) is 30.4 Å². The first-order valence-corrected chi connectivity index (χ1v) is 7.78. The lowest BCUT2D eigenvalue weighted by Gasteiger charge is -2.31. The standard InChI is InChI=1S/C14H17BrClNO/c15-10-11-5-7-17(8-6-11)14(18)9-12-3-1-2-4-13(12)16/h1-4,11H,5-10H2. The molecule has 1 fully saturated rings. The van der Waals surface area contributed by atoms with Crippen LogP contribution in [0.4, 0.5) is 0 Å². The Balaban J connectivity index is 1.91. The van der Waals surface area contributed by atoms with Gasteiger partial charge >= 0.3 is 0 Å². The Morgan fingerprint density at radius 1 is 1.33 bits per heavy atom. The molecule has 1 saturated heterocycles. The van der Waals surface area contributed by atoms with Crippen molar-refractivity contribution in [3.05, 3.63) is 34.9 Å². The number of hydrogen-bond donors (Lipinski definition) is 0. The molecule has 0 aliphatic carbocycles. The van der Waals surface area contributed by atoms with Crippen molar-refractivity contribution < 1.29 is 4.79 Å². The number of nitrogens with zero attached hydrogens (tertiary/aromatic N) is 1. The van der Waals surface area contributed by atoms with Gasteiger partial charge in [-0.25, -0.2) is 0 Å². The minimum atomic E-state index is 0.191. The number of halogens is 2. The SMILES string of the molecule is O=C(Cc1ccccc1Cl)N1CCC(CBr)CC1. The monoisotopic (exact) mass is 329 g/mol. The maximum Gasteiger partial charge on any atom is 0.227 e. The molecule has 98 valence electrons. The Morgan fingerprint density at radius 2 is 2.00 bits per heavy atom. The molecule has 2 nitrogen and oxygen atoms in total. The van der Waals surface area contributed by atoms with Crippen molar-refractivity contribution in [2.75, 3.05) is 18.4 Å². The number of amides is 1. The second kappa shape index (κ2) is 6.58. The van der Waals surface area contributed by atoms with Gasteiger partial charge in [0, 0.05) is 23.4 Å². The number of carbonyl (C=O) groups is 1. The second-order valence-electron chi connectivity index (χ2n) is 4.75. The van der Waals surface area contributed by atoms with Crippen molar-refractivity contribution >= 4 is 33.4 Å². The van der Waals surface area contributed by atoms with Crippen LogP contribution in [-0.2, 0) is 11.2 Å². The van der Waals surface area contributed by atoms with E-state index in [9.17, 15) is 4.79 Å². The number of hydrogen-bond acceptors (Lipinski definition) is 1. The molecule has 1 aromatic rings. The third-order valence-corrected chi connectivity index (χ3v) is 4.77. The molecule has 1 aromatic carbocycles. The van der Waals surface area contributed by atoms with Gasteiger partial charge in [0.05, 0.1) is 6.42 Å². The predicted octanol–water partition coefficient (Wildman–Crippen LogP) is 3.52. The number of likely N-dealkylation sites (tertiary alicyclic amines) is 1. The average Bonchev–Trinajstić information content (AvgIpc) is 2.41. The van der Waals surface area contributed by atoms with Gasteiger partial charge in [0.25, 0.3) is 0 Å². The van der Waals surface area contributed by atoms with Crippen molar-refractivity contribution in [3.8, 4) is 0 Å². The molecule has 0 unspecified atom stereocenters. The summed E-state index contributed by atoms with van der Waals surface area (Å²) in [5.74, 6) is 0.908. The van der Waals surface area contributed by atoms with Crippen LogP contribution in [0, 0.1) is 5.92 Å². The van der Waals surface area contributed by atoms with E-state index >= 15 is 0 Å². The summed E-state index contributed by atoms with van der Waals surface area (Å²) in [5.41, 5.74) is 0.923. The highest BCUT2D eigenvalue weighted by molar-refractivity contribution is 9.09. The Hall–Kier alpha value is -0.540. The van der Waals surface area contributed by atoms with E-state index in [0.717, 1.165) is 42.7 Å². The van der Waals surface area contributed by atoms with E-state index in [1.165, 1.54) is 0 Å². The van der Waals surface area contributed by atoms with Gasteiger partial charge in [-0.15, -0.1) is 0 Å². The third-order valence-electron chi connectivity index (χ3n) is 3.48. The van der Waals surface area contributed by atoms with Crippen molar-refractivity contribution in [2.45, 2.75) is 19.3 Å². The lowest BCUT2D eigenvalue weighted by molar-refractivity contribution is -0.131. The zero-order chi connectivity index (χ0) is 13.0. The molecule has 1 aliphatic rings. The molecule has 1 aliphatic heterocycles. The molecule has 0 atom stereocenters. The molecule has 4 heteroatoms. The Bertz CT molecular complexity index is 416. The van der Waals surface area contributed by atoms with Crippen LogP contribution >= 0.6 is 27.5 Å². The van der Waals surface area contributed by atoms with Crippen LogP contribution in [0.15, 0.2) is 24.3 Å². The fraction of sp³-hybridized carbons (Fsp3) is 0.500. The highest BCUT2D eigenvalue weighted by Gasteiger charge is 2.22. The number of alkyl halides is 1. The van der Waals surface area contributed by atoms with Gasteiger partial charge in [0.1, 0.15) is 0 Å². The van der Waals surface area contributed by atoms with E-state index < -0.39 is 0 Å². The van der Waals surface area contributed by atoms with Crippen molar-refractivity contribution in [3.63, 3.8) is 0 Å². The zero-order valence-electron chi connectivity index (χ0n) is 10.2. The van der Waals surface area contributed by atoms with Crippen LogP contribution < -0.4 is 0 Å². The highest BCUT2D eigenvalue weighted by atomic mass is 79.9. The van der Waals surface area contributed by atoms with Crippen LogP contribution in [0.5, 0.6) is 0 Å². The van der Waals surface area contributed by atoms with Gasteiger partial charge in [0.2, 0.25) is 5.91 Å². The Kier molecular flexibility index (Phi) is 5.07. The van der Waals surface area contributed by atoms with Crippen LogP contribution in [0.2, 0.25) is 5.02 Å². The quantitative estimate of drug-likeness (QED) is 0.777. The normalized spacial score (nSPS) is 16.9. The van der Waals surface area contributed by atoms with Crippen molar-refractivity contribution in [2.24, 2.45) is 5.92 Å². The molecular formula is C14H17BrClNO. The number of carbonyl (C=O) groups excluding carboxylic acids is 1. The molecule has 0 saturated carbocycles. The third kappa shape index (κ3) is 3.48. The van der Waals surface area contributed by atoms with Crippen molar-refractivity contribution in [1.29, 1.82) is 0 Å². The summed E-state index contributed by atoms with van der Waals surface area (Å²) in [6.45, 7) is 1.75. The summed E-state index contributed by atoms with van der Waals surface area (Å²) in [6, 6.07) is 7.57. The molecule has 2 rings (SSSR count). The van der Waals surface area contributed by atoms with Gasteiger partial charge in [-0.3, -0.25) is 4.79 Å². The zero-order valence-corrected chi connectivity index (χ0v) is 12.6. The molecule has 0 aromatic heterocycles. The van der Waals surface area contributed by atoms with Crippen LogP contribution in [0.1, 0.15) is 18.4 Å². The molecule has 0 bridgehead atoms. The summed E-state index contributed by atoms with van der Waals surface area (Å²) in [6.07, 6.45) is 2.61. The van der Waals surface area contributed by atoms with Crippen LogP contribution in [0.25, 0.3) is 0 Å². The fourth-order valence-electron chi connectivity index (χ4n) is 2.25. The molecule has 1 heterocycles. The minimum Gasteiger partial charge on any atom is -0.342 e. The smallest absolute Gasteiger partial charge is 0.227 e. The highest BCUT2D eigenvalue weighted by Crippen LogP contribution is 2.21. The molecule has 0 N–H and O–H groups in total. The Morgan fingerprint density at radius 3 is 2.61 bits per heavy atom. The molecule has 18 heavy (non-hydrogen) atoms. The molecule has 0 spiro atoms. The van der Waals surface area contributed by atoms with E-state index in [1.54, 1.807) is 0 Å². The van der Waals surface area contributed by atoms with E-state index in [4.69, 9.17) is 11.6 Å². The maximum absolute atomic E-state index is 12.2. The number of benzene rings is 1. The molecular weight excluding hydrogens is 314 g/mol. The van der Waals surface area contributed by atoms with Gasteiger partial charge in [-0.2, -0.15) is 0 Å². The Labute approximate surface area is 121 Å². The number of piperidine rings is 1. The summed E-state index contributed by atoms with van der Waals surface area (Å²) in [5, 5.41) is 1.72. The minimum absolute atomic E-state index is 0.191. The second-order valence-corrected chi connectivity index (χ2v) is 5.80. The van der Waals surface area contributed by atoms with Crippen LogP contribution in [0.3, 0.4) is 0 Å². The first kappa shape index (κ1) is 13.9. The van der Waals surface area contributed by atoms with Crippen molar-refractivity contribution in [1.82, 2.24) is 4.90 Å². The van der Waals surface area contributed by atoms with Gasteiger partial charge in [-0.1, -0.05) is 45.7 Å². The maximum atomic E-state index is 12.2. The lowest BCUT2D eigenvalue weighted by Crippen LogP contribution is -2.39. The first-order valence-electron chi connectivity index (χ1n) is 6.28.